The number of Topliss-reactive ketones (excluding diaryl/α,β-unsaturated/α-hetero) is 1. The number of ketones is 1. The molecule has 0 fully saturated rings. The second-order valence-electron chi connectivity index (χ2n) is 5.93. The quantitative estimate of drug-likeness (QED) is 0.527. The summed E-state index contributed by atoms with van der Waals surface area (Å²) in [5.41, 5.74) is 1.63. The monoisotopic (exact) mass is 439 g/mol. The first-order chi connectivity index (χ1) is 13.5. The Hall–Kier alpha value is -3.12. The van der Waals surface area contributed by atoms with E-state index in [1.807, 2.05) is 12.1 Å². The predicted molar refractivity (Wildman–Crippen MR) is 111 cm³/mol. The van der Waals surface area contributed by atoms with Crippen LogP contribution in [0.2, 0.25) is 0 Å². The molecule has 0 aliphatic carbocycles. The van der Waals surface area contributed by atoms with E-state index < -0.39 is 0 Å². The van der Waals surface area contributed by atoms with Gasteiger partial charge >= 0.3 is 0 Å². The van der Waals surface area contributed by atoms with Crippen molar-refractivity contribution in [3.63, 3.8) is 0 Å². The van der Waals surface area contributed by atoms with Crippen molar-refractivity contribution in [1.82, 2.24) is 0 Å². The maximum atomic E-state index is 12.4. The lowest BCUT2D eigenvalue weighted by molar-refractivity contribution is 0.0920. The lowest BCUT2D eigenvalue weighted by Gasteiger charge is -2.10. The van der Waals surface area contributed by atoms with E-state index in [9.17, 15) is 9.59 Å². The third-order valence-corrected chi connectivity index (χ3v) is 4.49. The zero-order valence-corrected chi connectivity index (χ0v) is 16.7. The van der Waals surface area contributed by atoms with Gasteiger partial charge in [0.15, 0.2) is 12.4 Å². The summed E-state index contributed by atoms with van der Waals surface area (Å²) in [5, 5.41) is 2.81. The van der Waals surface area contributed by atoms with E-state index in [0.29, 0.717) is 28.3 Å². The summed E-state index contributed by atoms with van der Waals surface area (Å²) < 4.78 is 11.6. The van der Waals surface area contributed by atoms with Crippen LogP contribution in [-0.2, 0) is 0 Å². The molecule has 6 heteroatoms. The first-order valence-electron chi connectivity index (χ1n) is 8.52. The third kappa shape index (κ3) is 5.20. The molecule has 1 amide bonds. The number of methoxy groups -OCH3 is 1. The van der Waals surface area contributed by atoms with Crippen molar-refractivity contribution in [1.29, 1.82) is 0 Å². The summed E-state index contributed by atoms with van der Waals surface area (Å²) in [6.45, 7) is -0.0884. The van der Waals surface area contributed by atoms with Gasteiger partial charge in [-0.25, -0.2) is 0 Å². The number of benzene rings is 3. The zero-order valence-electron chi connectivity index (χ0n) is 15.1. The Morgan fingerprint density at radius 1 is 0.893 bits per heavy atom. The molecule has 28 heavy (non-hydrogen) atoms. The molecule has 0 heterocycles. The number of anilines is 1. The van der Waals surface area contributed by atoms with Gasteiger partial charge in [0.05, 0.1) is 7.11 Å². The maximum Gasteiger partial charge on any atom is 0.255 e. The van der Waals surface area contributed by atoms with Crippen LogP contribution in [-0.4, -0.2) is 25.4 Å². The predicted octanol–water partition coefficient (Wildman–Crippen LogP) is 4.97. The lowest BCUT2D eigenvalue weighted by atomic mass is 10.1. The van der Waals surface area contributed by atoms with Crippen LogP contribution in [0.5, 0.6) is 11.5 Å². The van der Waals surface area contributed by atoms with Gasteiger partial charge in [-0.05, 0) is 42.5 Å². The minimum atomic E-state index is -0.262. The van der Waals surface area contributed by atoms with Gasteiger partial charge < -0.3 is 14.8 Å². The topological polar surface area (TPSA) is 64.6 Å². The molecule has 0 atom stereocenters. The molecule has 0 bridgehead atoms. The van der Waals surface area contributed by atoms with Crippen molar-refractivity contribution in [3.05, 3.63) is 88.4 Å². The molecular weight excluding hydrogens is 422 g/mol. The van der Waals surface area contributed by atoms with Gasteiger partial charge in [0.1, 0.15) is 11.5 Å². The Morgan fingerprint density at radius 3 is 2.36 bits per heavy atom. The molecule has 5 nitrogen and oxygen atoms in total. The van der Waals surface area contributed by atoms with E-state index in [0.717, 1.165) is 4.47 Å². The van der Waals surface area contributed by atoms with Gasteiger partial charge in [0.25, 0.3) is 5.91 Å². The average molecular weight is 440 g/mol. The summed E-state index contributed by atoms with van der Waals surface area (Å²) >= 11 is 3.34. The summed E-state index contributed by atoms with van der Waals surface area (Å²) in [6, 6.07) is 20.9. The molecule has 0 radical (unpaired) electrons. The van der Waals surface area contributed by atoms with E-state index in [2.05, 4.69) is 21.2 Å². The largest absolute Gasteiger partial charge is 0.497 e. The van der Waals surface area contributed by atoms with Crippen LogP contribution in [0, 0.1) is 0 Å². The van der Waals surface area contributed by atoms with Gasteiger partial charge in [-0.15, -0.1) is 0 Å². The lowest BCUT2D eigenvalue weighted by Crippen LogP contribution is -2.13. The van der Waals surface area contributed by atoms with Gasteiger partial charge in [-0.3, -0.25) is 9.59 Å². The van der Waals surface area contributed by atoms with E-state index in [1.54, 1.807) is 67.8 Å². The number of hydrogen-bond donors (Lipinski definition) is 1. The maximum absolute atomic E-state index is 12.4. The van der Waals surface area contributed by atoms with E-state index in [4.69, 9.17) is 9.47 Å². The number of ether oxygens (including phenoxy) is 2. The Bertz CT molecular complexity index is 986. The molecule has 3 rings (SSSR count). The Morgan fingerprint density at radius 2 is 1.61 bits per heavy atom. The molecular formula is C22H18BrNO4. The average Bonchev–Trinajstić information content (AvgIpc) is 2.73. The fraction of sp³-hybridized carbons (Fsp3) is 0.0909. The summed E-state index contributed by atoms with van der Waals surface area (Å²) in [7, 11) is 1.55. The van der Waals surface area contributed by atoms with Crippen molar-refractivity contribution >= 4 is 33.3 Å². The van der Waals surface area contributed by atoms with Crippen LogP contribution in [0.15, 0.2) is 77.3 Å². The van der Waals surface area contributed by atoms with Crippen LogP contribution in [0.3, 0.4) is 0 Å². The van der Waals surface area contributed by atoms with Crippen LogP contribution in [0.25, 0.3) is 0 Å². The molecule has 0 unspecified atom stereocenters. The highest BCUT2D eigenvalue weighted by Crippen LogP contribution is 2.20. The molecule has 3 aromatic carbocycles. The van der Waals surface area contributed by atoms with E-state index >= 15 is 0 Å². The summed E-state index contributed by atoms with van der Waals surface area (Å²) in [6.07, 6.45) is 0. The molecule has 0 aliphatic heterocycles. The van der Waals surface area contributed by atoms with E-state index in [-0.39, 0.29) is 18.3 Å². The van der Waals surface area contributed by atoms with Crippen LogP contribution in [0.4, 0.5) is 5.69 Å². The number of carbonyl (C=O) groups excluding carboxylic acids is 2. The van der Waals surface area contributed by atoms with Gasteiger partial charge in [-0.2, -0.15) is 0 Å². The SMILES string of the molecule is COc1cccc(C(=O)Nc2cccc(OCC(=O)c3ccc(Br)cc3)c2)c1. The zero-order chi connectivity index (χ0) is 19.9. The molecule has 0 saturated carbocycles. The van der Waals surface area contributed by atoms with Crippen LogP contribution in [0.1, 0.15) is 20.7 Å². The van der Waals surface area contributed by atoms with Crippen molar-refractivity contribution < 1.29 is 19.1 Å². The normalized spacial score (nSPS) is 10.2. The molecule has 3 aromatic rings. The molecule has 0 saturated heterocycles. The summed E-state index contributed by atoms with van der Waals surface area (Å²) in [5.74, 6) is 0.713. The minimum absolute atomic E-state index is 0.0884. The van der Waals surface area contributed by atoms with Gasteiger partial charge in [0, 0.05) is 27.4 Å². The minimum Gasteiger partial charge on any atom is -0.497 e. The number of nitrogens with one attached hydrogen (secondary N) is 1. The molecule has 0 aromatic heterocycles. The molecule has 142 valence electrons. The van der Waals surface area contributed by atoms with Crippen molar-refractivity contribution in [3.8, 4) is 11.5 Å². The Balaban J connectivity index is 1.62. The van der Waals surface area contributed by atoms with Crippen LogP contribution >= 0.6 is 15.9 Å². The standard InChI is InChI=1S/C22H18BrNO4/c1-27-19-6-2-4-16(12-19)22(26)24-18-5-3-7-20(13-18)28-14-21(25)15-8-10-17(23)11-9-15/h2-13H,14H2,1H3,(H,24,26). The van der Waals surface area contributed by atoms with Gasteiger partial charge in [0.2, 0.25) is 0 Å². The van der Waals surface area contributed by atoms with Gasteiger partial charge in [-0.1, -0.05) is 40.2 Å². The molecule has 1 N–H and O–H groups in total. The summed E-state index contributed by atoms with van der Waals surface area (Å²) in [4.78, 5) is 24.6. The number of carbonyl (C=O) groups is 2. The number of hydrogen-bond acceptors (Lipinski definition) is 4. The second-order valence-corrected chi connectivity index (χ2v) is 6.85. The smallest absolute Gasteiger partial charge is 0.255 e. The molecule has 0 spiro atoms. The number of rotatable bonds is 7. The van der Waals surface area contributed by atoms with Crippen molar-refractivity contribution in [2.75, 3.05) is 19.0 Å². The fourth-order valence-electron chi connectivity index (χ4n) is 2.50. The highest BCUT2D eigenvalue weighted by molar-refractivity contribution is 9.10. The van der Waals surface area contributed by atoms with E-state index in [1.165, 1.54) is 0 Å². The Labute approximate surface area is 171 Å². The van der Waals surface area contributed by atoms with Crippen molar-refractivity contribution in [2.24, 2.45) is 0 Å². The van der Waals surface area contributed by atoms with Crippen molar-refractivity contribution in [2.45, 2.75) is 0 Å². The first-order valence-corrected chi connectivity index (χ1v) is 9.31. The Kier molecular flexibility index (Phi) is 6.45. The third-order valence-electron chi connectivity index (χ3n) is 3.96. The van der Waals surface area contributed by atoms with Crippen LogP contribution < -0.4 is 14.8 Å². The highest BCUT2D eigenvalue weighted by atomic mass is 79.9. The highest BCUT2D eigenvalue weighted by Gasteiger charge is 2.09. The number of amides is 1. The molecule has 0 aliphatic rings. The fourth-order valence-corrected chi connectivity index (χ4v) is 2.76. The second kappa shape index (κ2) is 9.19. The first kappa shape index (κ1) is 19.6. The number of halogens is 1.